The molecule has 2 aromatic heterocycles. The lowest BCUT2D eigenvalue weighted by atomic mass is 9.97. The number of hydrogen-bond donors (Lipinski definition) is 2. The normalized spacial score (nSPS) is 14.7. The average molecular weight is 459 g/mol. The lowest BCUT2D eigenvalue weighted by Gasteiger charge is -2.26. The van der Waals surface area contributed by atoms with Gasteiger partial charge in [-0.05, 0) is 54.3 Å². The lowest BCUT2D eigenvalue weighted by molar-refractivity contribution is 0.0951. The molecule has 166 valence electrons. The van der Waals surface area contributed by atoms with Gasteiger partial charge in [0.15, 0.2) is 0 Å². The summed E-state index contributed by atoms with van der Waals surface area (Å²) < 4.78 is 12.2. The molecule has 0 spiro atoms. The van der Waals surface area contributed by atoms with Gasteiger partial charge in [-0.2, -0.15) is 0 Å². The molecule has 2 aromatic carbocycles. The largest absolute Gasteiger partial charge is 0.485 e. The first-order valence-electron chi connectivity index (χ1n) is 10.6. The number of carbonyl (C=O) groups excluding carboxylic acids is 1. The molecule has 0 saturated heterocycles. The molecule has 1 amide bonds. The number of rotatable bonds is 6. The molecule has 1 aliphatic heterocycles. The van der Waals surface area contributed by atoms with E-state index in [9.17, 15) is 4.79 Å². The third-order valence-corrected chi connectivity index (χ3v) is 6.23. The SMILES string of the molecule is Nc1cc(C(=O)NCc2cnc(Oc3ccc4c(c3)CCC(c3ccccc3)O4)s2)ccn1. The van der Waals surface area contributed by atoms with Crippen LogP contribution in [0.4, 0.5) is 5.82 Å². The Morgan fingerprint density at radius 3 is 2.88 bits per heavy atom. The molecule has 0 radical (unpaired) electrons. The Labute approximate surface area is 195 Å². The molecule has 1 atom stereocenters. The van der Waals surface area contributed by atoms with E-state index in [4.69, 9.17) is 15.2 Å². The average Bonchev–Trinajstić information content (AvgIpc) is 3.30. The molecule has 7 nitrogen and oxygen atoms in total. The zero-order chi connectivity index (χ0) is 22.6. The molecular formula is C25H22N4O3S. The molecule has 0 fully saturated rings. The van der Waals surface area contributed by atoms with E-state index in [1.54, 1.807) is 18.3 Å². The third-order valence-electron chi connectivity index (χ3n) is 5.35. The third kappa shape index (κ3) is 4.96. The number of aryl methyl sites for hydroxylation is 1. The molecule has 5 rings (SSSR count). The number of hydrogen-bond acceptors (Lipinski definition) is 7. The number of anilines is 1. The molecular weight excluding hydrogens is 436 g/mol. The maximum atomic E-state index is 12.3. The van der Waals surface area contributed by atoms with Crippen LogP contribution < -0.4 is 20.5 Å². The zero-order valence-electron chi connectivity index (χ0n) is 17.7. The van der Waals surface area contributed by atoms with E-state index in [0.29, 0.717) is 28.9 Å². The number of nitrogens with zero attached hydrogens (tertiary/aromatic N) is 2. The van der Waals surface area contributed by atoms with Crippen molar-refractivity contribution in [1.82, 2.24) is 15.3 Å². The molecule has 4 aromatic rings. The Morgan fingerprint density at radius 1 is 1.15 bits per heavy atom. The number of nitrogens with two attached hydrogens (primary N) is 1. The Balaban J connectivity index is 1.19. The lowest BCUT2D eigenvalue weighted by Crippen LogP contribution is -2.22. The van der Waals surface area contributed by atoms with E-state index in [2.05, 4.69) is 27.4 Å². The van der Waals surface area contributed by atoms with Gasteiger partial charge in [-0.25, -0.2) is 9.97 Å². The van der Waals surface area contributed by atoms with Crippen molar-refractivity contribution in [2.75, 3.05) is 5.73 Å². The van der Waals surface area contributed by atoms with E-state index < -0.39 is 0 Å². The number of aromatic nitrogens is 2. The van der Waals surface area contributed by atoms with Gasteiger partial charge in [0.25, 0.3) is 11.1 Å². The van der Waals surface area contributed by atoms with Crippen LogP contribution in [0.15, 0.2) is 73.1 Å². The van der Waals surface area contributed by atoms with Crippen molar-refractivity contribution in [3.05, 3.63) is 94.6 Å². The first-order valence-corrected chi connectivity index (χ1v) is 11.4. The standard InChI is InChI=1S/C25H22N4O3S/c26-23-13-18(10-11-27-23)24(30)28-14-20-15-29-25(33-20)31-19-7-9-22-17(12-19)6-8-21(32-22)16-4-2-1-3-5-16/h1-5,7,9-13,15,21H,6,8,14H2,(H2,26,27)(H,28,30). The Hall–Kier alpha value is -3.91. The highest BCUT2D eigenvalue weighted by Gasteiger charge is 2.22. The summed E-state index contributed by atoms with van der Waals surface area (Å²) in [4.78, 5) is 21.4. The number of benzene rings is 2. The van der Waals surface area contributed by atoms with Gasteiger partial charge in [-0.15, -0.1) is 0 Å². The second kappa shape index (κ2) is 9.30. The predicted molar refractivity (Wildman–Crippen MR) is 127 cm³/mol. The summed E-state index contributed by atoms with van der Waals surface area (Å²) in [6.07, 6.45) is 5.12. The van der Waals surface area contributed by atoms with Crippen LogP contribution in [-0.2, 0) is 13.0 Å². The van der Waals surface area contributed by atoms with Crippen molar-refractivity contribution in [3.63, 3.8) is 0 Å². The predicted octanol–water partition coefficient (Wildman–Crippen LogP) is 4.91. The van der Waals surface area contributed by atoms with Crippen LogP contribution in [0, 0.1) is 0 Å². The van der Waals surface area contributed by atoms with Crippen molar-refractivity contribution in [2.24, 2.45) is 0 Å². The minimum Gasteiger partial charge on any atom is -0.485 e. The molecule has 33 heavy (non-hydrogen) atoms. The van der Waals surface area contributed by atoms with E-state index in [1.165, 1.54) is 23.1 Å². The molecule has 0 saturated carbocycles. The van der Waals surface area contributed by atoms with Crippen molar-refractivity contribution in [3.8, 4) is 16.7 Å². The molecule has 0 aliphatic carbocycles. The minimum atomic E-state index is -0.219. The highest BCUT2D eigenvalue weighted by Crippen LogP contribution is 2.38. The fraction of sp³-hybridized carbons (Fsp3) is 0.160. The van der Waals surface area contributed by atoms with Crippen LogP contribution in [0.25, 0.3) is 0 Å². The molecule has 3 heterocycles. The Kier molecular flexibility index (Phi) is 5.91. The van der Waals surface area contributed by atoms with Crippen molar-refractivity contribution >= 4 is 23.1 Å². The maximum Gasteiger partial charge on any atom is 0.278 e. The van der Waals surface area contributed by atoms with Crippen molar-refractivity contribution in [1.29, 1.82) is 0 Å². The number of fused-ring (bicyclic) bond motifs is 1. The highest BCUT2D eigenvalue weighted by molar-refractivity contribution is 7.13. The fourth-order valence-corrected chi connectivity index (χ4v) is 4.43. The van der Waals surface area contributed by atoms with Gasteiger partial charge in [0.2, 0.25) is 0 Å². The molecule has 1 unspecified atom stereocenters. The van der Waals surface area contributed by atoms with Crippen molar-refractivity contribution in [2.45, 2.75) is 25.5 Å². The Morgan fingerprint density at radius 2 is 2.03 bits per heavy atom. The monoisotopic (exact) mass is 458 g/mol. The van der Waals surface area contributed by atoms with E-state index >= 15 is 0 Å². The zero-order valence-corrected chi connectivity index (χ0v) is 18.5. The van der Waals surface area contributed by atoms with Crippen LogP contribution in [0.1, 0.15) is 38.9 Å². The molecule has 1 aliphatic rings. The number of pyridine rings is 1. The smallest absolute Gasteiger partial charge is 0.278 e. The number of carbonyl (C=O) groups is 1. The van der Waals surface area contributed by atoms with E-state index in [0.717, 1.165) is 29.0 Å². The number of nitrogen functional groups attached to an aromatic ring is 1. The fourth-order valence-electron chi connectivity index (χ4n) is 3.71. The van der Waals surface area contributed by atoms with Crippen LogP contribution in [0.3, 0.4) is 0 Å². The summed E-state index contributed by atoms with van der Waals surface area (Å²) in [6, 6.07) is 19.3. The van der Waals surface area contributed by atoms with E-state index in [-0.39, 0.29) is 12.0 Å². The number of amides is 1. The van der Waals surface area contributed by atoms with Gasteiger partial charge in [-0.1, -0.05) is 41.7 Å². The summed E-state index contributed by atoms with van der Waals surface area (Å²) in [5.41, 5.74) is 8.42. The van der Waals surface area contributed by atoms with Crippen LogP contribution in [0.2, 0.25) is 0 Å². The van der Waals surface area contributed by atoms with Gasteiger partial charge in [-0.3, -0.25) is 4.79 Å². The van der Waals surface area contributed by atoms with Crippen molar-refractivity contribution < 1.29 is 14.3 Å². The van der Waals surface area contributed by atoms with Gasteiger partial charge in [0, 0.05) is 22.8 Å². The van der Waals surface area contributed by atoms with Crippen LogP contribution in [-0.4, -0.2) is 15.9 Å². The second-order valence-electron chi connectivity index (χ2n) is 7.67. The summed E-state index contributed by atoms with van der Waals surface area (Å²) in [5.74, 6) is 1.69. The second-order valence-corrected chi connectivity index (χ2v) is 8.75. The topological polar surface area (TPSA) is 99.4 Å². The first kappa shape index (κ1) is 21.0. The van der Waals surface area contributed by atoms with Crippen LogP contribution in [0.5, 0.6) is 16.7 Å². The number of ether oxygens (including phenoxy) is 2. The highest BCUT2D eigenvalue weighted by atomic mass is 32.1. The van der Waals surface area contributed by atoms with Gasteiger partial charge >= 0.3 is 0 Å². The quantitative estimate of drug-likeness (QED) is 0.426. The summed E-state index contributed by atoms with van der Waals surface area (Å²) >= 11 is 1.39. The summed E-state index contributed by atoms with van der Waals surface area (Å²) in [6.45, 7) is 0.348. The van der Waals surface area contributed by atoms with E-state index in [1.807, 2.05) is 36.4 Å². The minimum absolute atomic E-state index is 0.0748. The van der Waals surface area contributed by atoms with Crippen LogP contribution >= 0.6 is 11.3 Å². The molecule has 8 heteroatoms. The summed E-state index contributed by atoms with van der Waals surface area (Å²) in [7, 11) is 0. The molecule has 0 bridgehead atoms. The maximum absolute atomic E-state index is 12.3. The first-order chi connectivity index (χ1) is 16.1. The summed E-state index contributed by atoms with van der Waals surface area (Å²) in [5, 5.41) is 3.37. The number of nitrogens with one attached hydrogen (secondary N) is 1. The number of thiazole rings is 1. The van der Waals surface area contributed by atoms with Gasteiger partial charge in [0.05, 0.1) is 6.54 Å². The molecule has 3 N–H and O–H groups in total. The Bertz CT molecular complexity index is 1280. The van der Waals surface area contributed by atoms with Gasteiger partial charge in [0.1, 0.15) is 23.4 Å². The van der Waals surface area contributed by atoms with Gasteiger partial charge < -0.3 is 20.5 Å².